The van der Waals surface area contributed by atoms with E-state index in [2.05, 4.69) is 42.5 Å². The van der Waals surface area contributed by atoms with Crippen LogP contribution in [0.2, 0.25) is 0 Å². The van der Waals surface area contributed by atoms with Crippen LogP contribution in [0.1, 0.15) is 41.5 Å². The molecule has 0 amide bonds. The maximum atomic E-state index is 8.92. The maximum Gasteiger partial charge on any atom is 0.0558 e. The Morgan fingerprint density at radius 1 is 1.10 bits per heavy atom. The van der Waals surface area contributed by atoms with Gasteiger partial charge in [-0.1, -0.05) is 27.7 Å². The van der Waals surface area contributed by atoms with Gasteiger partial charge in [0.05, 0.1) is 6.61 Å². The lowest BCUT2D eigenvalue weighted by Gasteiger charge is -2.34. The van der Waals surface area contributed by atoms with Gasteiger partial charge < -0.3 is 5.11 Å². The molecule has 4 nitrogen and oxygen atoms in total. The molecule has 0 spiro atoms. The fourth-order valence-corrected chi connectivity index (χ4v) is 2.07. The molecule has 0 unspecified atom stereocenters. The molecule has 1 fully saturated rings. The molecule has 1 N–H and O–H groups in total. The second-order valence-electron chi connectivity index (χ2n) is 5.74. The number of hydrogen-bond donors (Lipinski definition) is 1. The van der Waals surface area contributed by atoms with Crippen molar-refractivity contribution in [2.45, 2.75) is 41.5 Å². The van der Waals surface area contributed by atoms with Crippen LogP contribution in [0.3, 0.4) is 0 Å². The Labute approximate surface area is 131 Å². The highest BCUT2D eigenvalue weighted by Gasteiger charge is 2.15. The summed E-state index contributed by atoms with van der Waals surface area (Å²) in [6, 6.07) is 0. The molecule has 124 valence electrons. The van der Waals surface area contributed by atoms with Crippen molar-refractivity contribution in [1.29, 1.82) is 0 Å². The van der Waals surface area contributed by atoms with Gasteiger partial charge in [-0.25, -0.2) is 0 Å². The average Bonchev–Trinajstić information content (AvgIpc) is 2.49. The van der Waals surface area contributed by atoms with Crippen LogP contribution in [-0.4, -0.2) is 66.5 Å². The predicted molar refractivity (Wildman–Crippen MR) is 93.0 cm³/mol. The zero-order valence-corrected chi connectivity index (χ0v) is 14.9. The van der Waals surface area contributed by atoms with Crippen LogP contribution in [0.25, 0.3) is 0 Å². The summed E-state index contributed by atoms with van der Waals surface area (Å²) >= 11 is 0. The first-order valence-electron chi connectivity index (χ1n) is 8.28. The highest BCUT2D eigenvalue weighted by Crippen LogP contribution is 2.06. The number of hydrogen-bond acceptors (Lipinski definition) is 4. The van der Waals surface area contributed by atoms with Crippen LogP contribution in [0.5, 0.6) is 0 Å². The second kappa shape index (κ2) is 11.9. The second-order valence-corrected chi connectivity index (χ2v) is 5.74. The van der Waals surface area contributed by atoms with Gasteiger partial charge in [-0.2, -0.15) is 0 Å². The largest absolute Gasteiger partial charge is 0.395 e. The van der Waals surface area contributed by atoms with Crippen LogP contribution in [0, 0.1) is 5.92 Å². The minimum absolute atomic E-state index is 0.266. The van der Waals surface area contributed by atoms with E-state index in [1.165, 1.54) is 11.3 Å². The highest BCUT2D eigenvalue weighted by molar-refractivity contribution is 5.84. The number of rotatable bonds is 6. The summed E-state index contributed by atoms with van der Waals surface area (Å²) in [5, 5.41) is 8.92. The van der Waals surface area contributed by atoms with Gasteiger partial charge in [0, 0.05) is 51.2 Å². The zero-order chi connectivity index (χ0) is 16.3. The van der Waals surface area contributed by atoms with Gasteiger partial charge in [-0.05, 0) is 25.3 Å². The lowest BCUT2D eigenvalue weighted by atomic mass is 10.1. The summed E-state index contributed by atoms with van der Waals surface area (Å²) in [5.74, 6) is 0.520. The molecule has 0 bridgehead atoms. The topological polar surface area (TPSA) is 39.1 Å². The summed E-state index contributed by atoms with van der Waals surface area (Å²) in [7, 11) is 0. The summed E-state index contributed by atoms with van der Waals surface area (Å²) in [6.45, 7) is 18.9. The Bertz CT molecular complexity index is 316. The predicted octanol–water partition coefficient (Wildman–Crippen LogP) is 2.64. The van der Waals surface area contributed by atoms with E-state index in [-0.39, 0.29) is 6.61 Å². The van der Waals surface area contributed by atoms with Crippen molar-refractivity contribution >= 4 is 5.71 Å². The number of aliphatic imine (C=N–C) groups is 1. The monoisotopic (exact) mass is 297 g/mol. The third-order valence-corrected chi connectivity index (χ3v) is 3.68. The lowest BCUT2D eigenvalue weighted by Crippen LogP contribution is -2.47. The summed E-state index contributed by atoms with van der Waals surface area (Å²) in [5.41, 5.74) is 2.50. The van der Waals surface area contributed by atoms with E-state index in [4.69, 9.17) is 5.11 Å². The molecule has 0 radical (unpaired) electrons. The molecular weight excluding hydrogens is 262 g/mol. The molecular formula is C17H35N3O. The van der Waals surface area contributed by atoms with E-state index in [1.807, 2.05) is 20.0 Å². The molecule has 1 aliphatic heterocycles. The molecule has 4 heteroatoms. The van der Waals surface area contributed by atoms with E-state index in [0.29, 0.717) is 5.92 Å². The van der Waals surface area contributed by atoms with Crippen molar-refractivity contribution in [3.8, 4) is 0 Å². The molecule has 1 heterocycles. The highest BCUT2D eigenvalue weighted by atomic mass is 16.3. The van der Waals surface area contributed by atoms with Crippen LogP contribution in [0.4, 0.5) is 0 Å². The van der Waals surface area contributed by atoms with E-state index in [1.54, 1.807) is 0 Å². The first-order valence-corrected chi connectivity index (χ1v) is 8.28. The number of β-amino-alcohol motifs (C(OH)–C–C–N with tert-alkyl or cyclic N) is 1. The lowest BCUT2D eigenvalue weighted by molar-refractivity contribution is 0.118. The van der Waals surface area contributed by atoms with Gasteiger partial charge >= 0.3 is 0 Å². The maximum absolute atomic E-state index is 8.92. The number of nitrogens with zero attached hydrogens (tertiary/aromatic N) is 3. The zero-order valence-electron chi connectivity index (χ0n) is 14.9. The van der Waals surface area contributed by atoms with E-state index >= 15 is 0 Å². The van der Waals surface area contributed by atoms with Crippen molar-refractivity contribution in [3.05, 3.63) is 11.8 Å². The molecule has 1 aliphatic rings. The average molecular weight is 297 g/mol. The first-order chi connectivity index (χ1) is 10.0. The quantitative estimate of drug-likeness (QED) is 0.766. The summed E-state index contributed by atoms with van der Waals surface area (Å²) in [4.78, 5) is 9.29. The Morgan fingerprint density at radius 2 is 1.62 bits per heavy atom. The number of aliphatic hydroxyl groups excluding tert-OH is 1. The van der Waals surface area contributed by atoms with Gasteiger partial charge in [-0.15, -0.1) is 0 Å². The van der Waals surface area contributed by atoms with E-state index in [9.17, 15) is 0 Å². The SMILES string of the molecule is CC.CC(=N/C=C(\C)CN1CCN(CCO)CC1)C(C)C. The molecule has 0 aromatic carbocycles. The van der Waals surface area contributed by atoms with Crippen LogP contribution in [-0.2, 0) is 0 Å². The van der Waals surface area contributed by atoms with E-state index < -0.39 is 0 Å². The first kappa shape index (κ1) is 20.3. The molecule has 0 aromatic rings. The Hall–Kier alpha value is -0.710. The van der Waals surface area contributed by atoms with Crippen LogP contribution >= 0.6 is 0 Å². The minimum Gasteiger partial charge on any atom is -0.395 e. The van der Waals surface area contributed by atoms with Gasteiger partial charge in [0.15, 0.2) is 0 Å². The van der Waals surface area contributed by atoms with Crippen molar-refractivity contribution in [3.63, 3.8) is 0 Å². The third-order valence-electron chi connectivity index (χ3n) is 3.68. The van der Waals surface area contributed by atoms with Crippen molar-refractivity contribution < 1.29 is 5.11 Å². The molecule has 0 aliphatic carbocycles. The Morgan fingerprint density at radius 3 is 2.10 bits per heavy atom. The standard InChI is InChI=1S/C15H29N3O.C2H6/c1-13(2)15(4)16-11-14(3)12-18-7-5-17(6-8-18)9-10-19;1-2/h11,13,19H,5-10,12H2,1-4H3;1-2H3/b14-11+,16-15?;. The summed E-state index contributed by atoms with van der Waals surface area (Å²) in [6.07, 6.45) is 2.01. The molecule has 21 heavy (non-hydrogen) atoms. The van der Waals surface area contributed by atoms with Crippen molar-refractivity contribution in [2.24, 2.45) is 10.9 Å². The number of piperazine rings is 1. The molecule has 0 aromatic heterocycles. The van der Waals surface area contributed by atoms with Crippen molar-refractivity contribution in [2.75, 3.05) is 45.9 Å². The summed E-state index contributed by atoms with van der Waals surface area (Å²) < 4.78 is 0. The Balaban J connectivity index is 0.00000191. The van der Waals surface area contributed by atoms with Crippen LogP contribution in [0.15, 0.2) is 16.8 Å². The van der Waals surface area contributed by atoms with Crippen LogP contribution < -0.4 is 0 Å². The molecule has 1 rings (SSSR count). The fourth-order valence-electron chi connectivity index (χ4n) is 2.07. The molecule has 0 saturated carbocycles. The molecule has 1 saturated heterocycles. The third kappa shape index (κ3) is 9.02. The van der Waals surface area contributed by atoms with E-state index in [0.717, 1.165) is 39.3 Å². The van der Waals surface area contributed by atoms with Crippen molar-refractivity contribution in [1.82, 2.24) is 9.80 Å². The normalized spacial score (nSPS) is 18.7. The fraction of sp³-hybridized carbons (Fsp3) is 0.824. The Kier molecular flexibility index (Phi) is 11.5. The van der Waals surface area contributed by atoms with Gasteiger partial charge in [0.1, 0.15) is 0 Å². The van der Waals surface area contributed by atoms with Gasteiger partial charge in [0.25, 0.3) is 0 Å². The minimum atomic E-state index is 0.266. The van der Waals surface area contributed by atoms with Gasteiger partial charge in [0.2, 0.25) is 0 Å². The smallest absolute Gasteiger partial charge is 0.0558 e. The number of aliphatic hydroxyl groups is 1. The molecule has 0 atom stereocenters. The van der Waals surface area contributed by atoms with Gasteiger partial charge in [-0.3, -0.25) is 14.8 Å².